The number of benzene rings is 1. The van der Waals surface area contributed by atoms with Crippen LogP contribution in [0.15, 0.2) is 35.1 Å². The van der Waals surface area contributed by atoms with E-state index in [1.165, 1.54) is 18.2 Å². The Morgan fingerprint density at radius 3 is 2.90 bits per heavy atom. The van der Waals surface area contributed by atoms with Gasteiger partial charge in [-0.2, -0.15) is 9.78 Å². The number of hydrogen-bond acceptors (Lipinski definition) is 4. The average molecular weight is 277 g/mol. The third-order valence-corrected chi connectivity index (χ3v) is 2.76. The van der Waals surface area contributed by atoms with E-state index in [4.69, 9.17) is 0 Å². The summed E-state index contributed by atoms with van der Waals surface area (Å²) in [4.78, 5) is 11.8. The number of aromatic nitrogens is 2. The lowest BCUT2D eigenvalue weighted by Crippen LogP contribution is -2.24. The van der Waals surface area contributed by atoms with E-state index in [0.717, 1.165) is 23.7 Å². The van der Waals surface area contributed by atoms with E-state index in [0.29, 0.717) is 17.9 Å². The van der Waals surface area contributed by atoms with Crippen molar-refractivity contribution in [2.24, 2.45) is 0 Å². The van der Waals surface area contributed by atoms with Crippen LogP contribution in [0.25, 0.3) is 5.69 Å². The third kappa shape index (κ3) is 3.21. The molecule has 0 aliphatic rings. The summed E-state index contributed by atoms with van der Waals surface area (Å²) in [5, 5.41) is 16.9. The fourth-order valence-electron chi connectivity index (χ4n) is 1.78. The second kappa shape index (κ2) is 6.29. The maximum atomic E-state index is 13.2. The van der Waals surface area contributed by atoms with Crippen LogP contribution in [0.5, 0.6) is 5.75 Å². The van der Waals surface area contributed by atoms with Crippen molar-refractivity contribution in [3.63, 3.8) is 0 Å². The van der Waals surface area contributed by atoms with Crippen molar-refractivity contribution in [3.8, 4) is 11.4 Å². The second-order valence-corrected chi connectivity index (χ2v) is 4.38. The molecule has 2 N–H and O–H groups in total. The van der Waals surface area contributed by atoms with Crippen molar-refractivity contribution in [3.05, 3.63) is 52.2 Å². The van der Waals surface area contributed by atoms with Gasteiger partial charge >= 0.3 is 0 Å². The van der Waals surface area contributed by atoms with Crippen molar-refractivity contribution >= 4 is 0 Å². The van der Waals surface area contributed by atoms with Crippen LogP contribution in [0.3, 0.4) is 0 Å². The standard InChI is InChI=1S/C14H16FN3O2/c1-2-6-16-9-12-13(19)8-14(20)18(17-12)11-5-3-4-10(15)7-11/h3-5,7-8,16,19H,2,6,9H2,1H3. The first-order chi connectivity index (χ1) is 9.61. The molecule has 1 aromatic carbocycles. The topological polar surface area (TPSA) is 67.2 Å². The van der Waals surface area contributed by atoms with E-state index in [9.17, 15) is 14.3 Å². The van der Waals surface area contributed by atoms with E-state index < -0.39 is 11.4 Å². The Balaban J connectivity index is 2.38. The van der Waals surface area contributed by atoms with Gasteiger partial charge in [-0.25, -0.2) is 4.39 Å². The molecule has 0 spiro atoms. The first kappa shape index (κ1) is 14.2. The average Bonchev–Trinajstić information content (AvgIpc) is 2.41. The van der Waals surface area contributed by atoms with Crippen LogP contribution in [-0.4, -0.2) is 21.4 Å². The smallest absolute Gasteiger partial charge is 0.275 e. The molecule has 1 heterocycles. The first-order valence-electron chi connectivity index (χ1n) is 6.40. The van der Waals surface area contributed by atoms with E-state index in [1.54, 1.807) is 6.07 Å². The van der Waals surface area contributed by atoms with Crippen molar-refractivity contribution < 1.29 is 9.50 Å². The van der Waals surface area contributed by atoms with Crippen LogP contribution in [0.4, 0.5) is 4.39 Å². The number of aromatic hydroxyl groups is 1. The normalized spacial score (nSPS) is 10.7. The molecule has 0 saturated carbocycles. The van der Waals surface area contributed by atoms with E-state index in [-0.39, 0.29) is 5.75 Å². The minimum absolute atomic E-state index is 0.161. The molecule has 0 saturated heterocycles. The van der Waals surface area contributed by atoms with E-state index in [1.807, 2.05) is 6.92 Å². The molecule has 0 aliphatic heterocycles. The molecule has 0 aliphatic carbocycles. The molecule has 0 amide bonds. The molecule has 2 aromatic rings. The monoisotopic (exact) mass is 277 g/mol. The van der Waals surface area contributed by atoms with Gasteiger partial charge in [0.05, 0.1) is 5.69 Å². The summed E-state index contributed by atoms with van der Waals surface area (Å²) in [6.45, 7) is 3.14. The zero-order valence-electron chi connectivity index (χ0n) is 11.1. The Labute approximate surface area is 115 Å². The molecule has 0 fully saturated rings. The van der Waals surface area contributed by atoms with Gasteiger partial charge in [0, 0.05) is 12.6 Å². The molecule has 0 unspecified atom stereocenters. The van der Waals surface area contributed by atoms with Crippen LogP contribution in [0.2, 0.25) is 0 Å². The van der Waals surface area contributed by atoms with Crippen molar-refractivity contribution in [2.45, 2.75) is 19.9 Å². The highest BCUT2D eigenvalue weighted by Crippen LogP contribution is 2.13. The molecule has 0 bridgehead atoms. The van der Waals surface area contributed by atoms with Crippen LogP contribution < -0.4 is 10.9 Å². The van der Waals surface area contributed by atoms with Crippen molar-refractivity contribution in [2.75, 3.05) is 6.54 Å². The Morgan fingerprint density at radius 2 is 2.20 bits per heavy atom. The van der Waals surface area contributed by atoms with Gasteiger partial charge in [0.1, 0.15) is 17.3 Å². The SMILES string of the molecule is CCCNCc1nn(-c2cccc(F)c2)c(=O)cc1O. The molecular formula is C14H16FN3O2. The van der Waals surface area contributed by atoms with Gasteiger partial charge in [0.15, 0.2) is 0 Å². The quantitative estimate of drug-likeness (QED) is 0.814. The molecule has 6 heteroatoms. The molecule has 2 rings (SSSR count). The molecule has 0 atom stereocenters. The van der Waals surface area contributed by atoms with Gasteiger partial charge in [-0.1, -0.05) is 13.0 Å². The van der Waals surface area contributed by atoms with Crippen LogP contribution in [-0.2, 0) is 6.54 Å². The number of halogens is 1. The zero-order valence-corrected chi connectivity index (χ0v) is 11.1. The van der Waals surface area contributed by atoms with Gasteiger partial charge in [-0.05, 0) is 31.2 Å². The summed E-state index contributed by atoms with van der Waals surface area (Å²) in [7, 11) is 0. The van der Waals surface area contributed by atoms with Gasteiger partial charge < -0.3 is 10.4 Å². The predicted octanol–water partition coefficient (Wildman–Crippen LogP) is 1.58. The maximum absolute atomic E-state index is 13.2. The van der Waals surface area contributed by atoms with Crippen molar-refractivity contribution in [1.29, 1.82) is 0 Å². The minimum atomic E-state index is -0.507. The third-order valence-electron chi connectivity index (χ3n) is 2.76. The van der Waals surface area contributed by atoms with Gasteiger partial charge in [0.2, 0.25) is 0 Å². The van der Waals surface area contributed by atoms with Crippen LogP contribution in [0.1, 0.15) is 19.0 Å². The molecule has 106 valence electrons. The van der Waals surface area contributed by atoms with Crippen LogP contribution >= 0.6 is 0 Å². The highest BCUT2D eigenvalue weighted by Gasteiger charge is 2.09. The number of nitrogens with one attached hydrogen (secondary N) is 1. The minimum Gasteiger partial charge on any atom is -0.506 e. The Kier molecular flexibility index (Phi) is 4.47. The Morgan fingerprint density at radius 1 is 1.40 bits per heavy atom. The second-order valence-electron chi connectivity index (χ2n) is 4.38. The number of rotatable bonds is 5. The fraction of sp³-hybridized carbons (Fsp3) is 0.286. The number of nitrogens with zero attached hydrogens (tertiary/aromatic N) is 2. The lowest BCUT2D eigenvalue weighted by Gasteiger charge is -2.09. The summed E-state index contributed by atoms with van der Waals surface area (Å²) in [6.07, 6.45) is 0.949. The molecular weight excluding hydrogens is 261 g/mol. The molecule has 5 nitrogen and oxygen atoms in total. The van der Waals surface area contributed by atoms with E-state index in [2.05, 4.69) is 10.4 Å². The lowest BCUT2D eigenvalue weighted by molar-refractivity contribution is 0.451. The maximum Gasteiger partial charge on any atom is 0.275 e. The molecule has 20 heavy (non-hydrogen) atoms. The molecule has 1 aromatic heterocycles. The largest absolute Gasteiger partial charge is 0.506 e. The van der Waals surface area contributed by atoms with Crippen LogP contribution in [0, 0.1) is 5.82 Å². The van der Waals surface area contributed by atoms with Gasteiger partial charge in [0.25, 0.3) is 5.56 Å². The first-order valence-corrected chi connectivity index (χ1v) is 6.40. The van der Waals surface area contributed by atoms with Crippen molar-refractivity contribution in [1.82, 2.24) is 15.1 Å². The van der Waals surface area contributed by atoms with Gasteiger partial charge in [-0.15, -0.1) is 0 Å². The highest BCUT2D eigenvalue weighted by molar-refractivity contribution is 5.33. The van der Waals surface area contributed by atoms with E-state index >= 15 is 0 Å². The lowest BCUT2D eigenvalue weighted by atomic mass is 10.3. The predicted molar refractivity (Wildman–Crippen MR) is 73.5 cm³/mol. The zero-order chi connectivity index (χ0) is 14.5. The Hall–Kier alpha value is -2.21. The molecule has 0 radical (unpaired) electrons. The highest BCUT2D eigenvalue weighted by atomic mass is 19.1. The summed E-state index contributed by atoms with van der Waals surface area (Å²) in [6, 6.07) is 6.67. The Bertz CT molecular complexity index is 655. The summed E-state index contributed by atoms with van der Waals surface area (Å²) < 4.78 is 14.3. The number of hydrogen-bond donors (Lipinski definition) is 2. The summed E-state index contributed by atoms with van der Waals surface area (Å²) in [5.41, 5.74) is 0.168. The summed E-state index contributed by atoms with van der Waals surface area (Å²) >= 11 is 0. The van der Waals surface area contributed by atoms with Gasteiger partial charge in [-0.3, -0.25) is 4.79 Å². The fourth-order valence-corrected chi connectivity index (χ4v) is 1.78. The summed E-state index contributed by atoms with van der Waals surface area (Å²) in [5.74, 6) is -0.610.